The largest absolute Gasteiger partial charge is 0.353 e. The molecular weight excluding hydrogens is 292 g/mol. The molecule has 5 nitrogen and oxygen atoms in total. The topological polar surface area (TPSA) is 58.6 Å². The molecule has 2 amide bonds. The van der Waals surface area contributed by atoms with Crippen LogP contribution in [0.5, 0.6) is 0 Å². The van der Waals surface area contributed by atoms with E-state index in [2.05, 4.69) is 39.2 Å². The SMILES string of the molecule is C=C/C=C1\C(=C)C([C@H](C)C(C)C)OCN1C1CCC(=O)NC1=O. The number of ether oxygens (including phenoxy) is 1. The van der Waals surface area contributed by atoms with E-state index < -0.39 is 6.04 Å². The Bertz CT molecular complexity index is 550. The minimum absolute atomic E-state index is 0.0780. The molecule has 2 unspecified atom stereocenters. The summed E-state index contributed by atoms with van der Waals surface area (Å²) in [5.41, 5.74) is 1.74. The zero-order valence-electron chi connectivity index (χ0n) is 14.2. The quantitative estimate of drug-likeness (QED) is 0.809. The number of rotatable bonds is 4. The first-order valence-electron chi connectivity index (χ1n) is 8.10. The highest BCUT2D eigenvalue weighted by atomic mass is 16.5. The monoisotopic (exact) mass is 318 g/mol. The van der Waals surface area contributed by atoms with Gasteiger partial charge in [-0.2, -0.15) is 0 Å². The molecule has 0 spiro atoms. The Morgan fingerprint density at radius 1 is 1.35 bits per heavy atom. The van der Waals surface area contributed by atoms with E-state index in [0.29, 0.717) is 31.4 Å². The molecule has 2 aliphatic heterocycles. The molecule has 0 aliphatic carbocycles. The standard InChI is InChI=1S/C18H26N2O3/c1-6-7-14-13(5)17(12(4)11(2)3)23-10-20(14)15-8-9-16(21)19-18(15)22/h6-7,11-12,15,17H,1,5,8-10H2,2-4H3,(H,19,21,22)/b14-7+/t12-,15?,17?/m1/s1. The van der Waals surface area contributed by atoms with Gasteiger partial charge in [0.1, 0.15) is 12.8 Å². The number of imide groups is 1. The van der Waals surface area contributed by atoms with Gasteiger partial charge in [-0.15, -0.1) is 0 Å². The summed E-state index contributed by atoms with van der Waals surface area (Å²) >= 11 is 0. The summed E-state index contributed by atoms with van der Waals surface area (Å²) in [6.07, 6.45) is 4.31. The number of amides is 2. The number of carbonyl (C=O) groups is 2. The van der Waals surface area contributed by atoms with Crippen molar-refractivity contribution in [3.05, 3.63) is 36.6 Å². The van der Waals surface area contributed by atoms with Crippen LogP contribution < -0.4 is 5.32 Å². The summed E-state index contributed by atoms with van der Waals surface area (Å²) in [5, 5.41) is 2.40. The van der Waals surface area contributed by atoms with Crippen LogP contribution in [0.25, 0.3) is 0 Å². The molecule has 2 saturated heterocycles. The molecule has 2 rings (SSSR count). The molecule has 5 heteroatoms. The molecule has 0 aromatic carbocycles. The zero-order valence-corrected chi connectivity index (χ0v) is 14.2. The van der Waals surface area contributed by atoms with Crippen molar-refractivity contribution in [3.63, 3.8) is 0 Å². The van der Waals surface area contributed by atoms with Crippen LogP contribution in [0.4, 0.5) is 0 Å². The van der Waals surface area contributed by atoms with Gasteiger partial charge in [0.15, 0.2) is 0 Å². The van der Waals surface area contributed by atoms with Crippen molar-refractivity contribution in [2.24, 2.45) is 11.8 Å². The molecule has 0 aromatic rings. The molecule has 126 valence electrons. The molecule has 0 aromatic heterocycles. The molecule has 2 heterocycles. The minimum Gasteiger partial charge on any atom is -0.353 e. The van der Waals surface area contributed by atoms with Crippen LogP contribution >= 0.6 is 0 Å². The second-order valence-corrected chi connectivity index (χ2v) is 6.57. The van der Waals surface area contributed by atoms with Crippen LogP contribution in [0.3, 0.4) is 0 Å². The average Bonchev–Trinajstić information content (AvgIpc) is 2.49. The molecule has 0 bridgehead atoms. The van der Waals surface area contributed by atoms with E-state index in [9.17, 15) is 9.59 Å². The van der Waals surface area contributed by atoms with Gasteiger partial charge < -0.3 is 9.64 Å². The predicted octanol–water partition coefficient (Wildman–Crippen LogP) is 2.37. The van der Waals surface area contributed by atoms with E-state index in [0.717, 1.165) is 11.3 Å². The molecule has 0 radical (unpaired) electrons. The predicted molar refractivity (Wildman–Crippen MR) is 89.2 cm³/mol. The average molecular weight is 318 g/mol. The van der Waals surface area contributed by atoms with Crippen molar-refractivity contribution in [2.45, 2.75) is 45.8 Å². The Kier molecular flexibility index (Phi) is 5.42. The molecule has 3 atom stereocenters. The van der Waals surface area contributed by atoms with E-state index in [1.165, 1.54) is 0 Å². The summed E-state index contributed by atoms with van der Waals surface area (Å²) < 4.78 is 6.02. The highest BCUT2D eigenvalue weighted by Crippen LogP contribution is 2.34. The minimum atomic E-state index is -0.411. The van der Waals surface area contributed by atoms with E-state index in [1.807, 2.05) is 11.0 Å². The molecule has 2 aliphatic rings. The lowest BCUT2D eigenvalue weighted by Gasteiger charge is -2.44. The van der Waals surface area contributed by atoms with E-state index in [1.54, 1.807) is 6.08 Å². The van der Waals surface area contributed by atoms with Crippen LogP contribution in [0, 0.1) is 11.8 Å². The maximum absolute atomic E-state index is 12.2. The van der Waals surface area contributed by atoms with Gasteiger partial charge in [-0.05, 0) is 29.9 Å². The fraction of sp³-hybridized carbons (Fsp3) is 0.556. The van der Waals surface area contributed by atoms with E-state index in [4.69, 9.17) is 4.74 Å². The summed E-state index contributed by atoms with van der Waals surface area (Å²) in [5.74, 6) is 0.287. The van der Waals surface area contributed by atoms with Crippen molar-refractivity contribution in [1.29, 1.82) is 0 Å². The Morgan fingerprint density at radius 2 is 2.04 bits per heavy atom. The lowest BCUT2D eigenvalue weighted by atomic mass is 9.85. The molecule has 0 saturated carbocycles. The van der Waals surface area contributed by atoms with Crippen LogP contribution in [0.2, 0.25) is 0 Å². The van der Waals surface area contributed by atoms with Crippen molar-refractivity contribution >= 4 is 11.8 Å². The van der Waals surface area contributed by atoms with Crippen LogP contribution in [-0.2, 0) is 14.3 Å². The van der Waals surface area contributed by atoms with Crippen molar-refractivity contribution in [3.8, 4) is 0 Å². The van der Waals surface area contributed by atoms with Gasteiger partial charge in [-0.1, -0.05) is 40.0 Å². The maximum atomic E-state index is 12.2. The van der Waals surface area contributed by atoms with Crippen LogP contribution in [0.1, 0.15) is 33.6 Å². The van der Waals surface area contributed by atoms with E-state index >= 15 is 0 Å². The smallest absolute Gasteiger partial charge is 0.249 e. The summed E-state index contributed by atoms with van der Waals surface area (Å²) in [6, 6.07) is -0.411. The number of hydrogen-bond donors (Lipinski definition) is 1. The Morgan fingerprint density at radius 3 is 2.61 bits per heavy atom. The third kappa shape index (κ3) is 3.55. The number of carbonyl (C=O) groups excluding carboxylic acids is 2. The second-order valence-electron chi connectivity index (χ2n) is 6.57. The van der Waals surface area contributed by atoms with Crippen LogP contribution in [-0.4, -0.2) is 35.6 Å². The molecule has 1 N–H and O–H groups in total. The van der Waals surface area contributed by atoms with Gasteiger partial charge in [0, 0.05) is 12.1 Å². The third-order valence-electron chi connectivity index (χ3n) is 4.77. The summed E-state index contributed by atoms with van der Waals surface area (Å²) in [7, 11) is 0. The lowest BCUT2D eigenvalue weighted by Crippen LogP contribution is -2.55. The summed E-state index contributed by atoms with van der Waals surface area (Å²) in [4.78, 5) is 25.4. The number of nitrogens with one attached hydrogen (secondary N) is 1. The number of piperidine rings is 1. The number of nitrogens with zero attached hydrogens (tertiary/aromatic N) is 1. The normalized spacial score (nSPS) is 29.0. The van der Waals surface area contributed by atoms with Crippen LogP contribution in [0.15, 0.2) is 36.6 Å². The first kappa shape index (κ1) is 17.5. The van der Waals surface area contributed by atoms with Gasteiger partial charge >= 0.3 is 0 Å². The number of hydrogen-bond acceptors (Lipinski definition) is 4. The molecule has 2 fully saturated rings. The fourth-order valence-corrected chi connectivity index (χ4v) is 3.03. The van der Waals surface area contributed by atoms with Crippen molar-refractivity contribution < 1.29 is 14.3 Å². The van der Waals surface area contributed by atoms with Crippen molar-refractivity contribution in [2.75, 3.05) is 6.73 Å². The van der Waals surface area contributed by atoms with Gasteiger partial charge in [0.25, 0.3) is 0 Å². The molecule has 23 heavy (non-hydrogen) atoms. The molecular formula is C18H26N2O3. The highest BCUT2D eigenvalue weighted by molar-refractivity contribution is 6.00. The fourth-order valence-electron chi connectivity index (χ4n) is 3.03. The van der Waals surface area contributed by atoms with Gasteiger partial charge in [0.2, 0.25) is 11.8 Å². The zero-order chi connectivity index (χ0) is 17.1. The lowest BCUT2D eigenvalue weighted by molar-refractivity contribution is -0.141. The summed E-state index contributed by atoms with van der Waals surface area (Å²) in [6.45, 7) is 14.7. The van der Waals surface area contributed by atoms with Crippen molar-refractivity contribution in [1.82, 2.24) is 10.2 Å². The van der Waals surface area contributed by atoms with Gasteiger partial charge in [-0.25, -0.2) is 0 Å². The Balaban J connectivity index is 2.24. The van der Waals surface area contributed by atoms with Gasteiger partial charge in [0.05, 0.1) is 6.10 Å². The van der Waals surface area contributed by atoms with E-state index in [-0.39, 0.29) is 17.9 Å². The maximum Gasteiger partial charge on any atom is 0.249 e. The highest BCUT2D eigenvalue weighted by Gasteiger charge is 2.39. The first-order valence-corrected chi connectivity index (χ1v) is 8.10. The third-order valence-corrected chi connectivity index (χ3v) is 4.77. The Labute approximate surface area is 138 Å². The first-order chi connectivity index (χ1) is 10.9. The Hall–Kier alpha value is -1.88. The second kappa shape index (κ2) is 7.13. The van der Waals surface area contributed by atoms with Gasteiger partial charge in [-0.3, -0.25) is 14.9 Å². The number of allylic oxidation sites excluding steroid dienone is 2.